The van der Waals surface area contributed by atoms with Crippen molar-refractivity contribution in [2.75, 3.05) is 11.9 Å². The van der Waals surface area contributed by atoms with E-state index in [1.54, 1.807) is 19.1 Å². The Morgan fingerprint density at radius 1 is 1.41 bits per heavy atom. The first-order valence-corrected chi connectivity index (χ1v) is 8.38. The smallest absolute Gasteiger partial charge is 0.453 e. The zero-order chi connectivity index (χ0) is 20.0. The van der Waals surface area contributed by atoms with Crippen LogP contribution in [-0.4, -0.2) is 38.2 Å². The lowest BCUT2D eigenvalue weighted by Crippen LogP contribution is -2.55. The van der Waals surface area contributed by atoms with Gasteiger partial charge in [-0.05, 0) is 31.5 Å². The van der Waals surface area contributed by atoms with Crippen LogP contribution in [0, 0.1) is 5.92 Å². The topological polar surface area (TPSA) is 89.3 Å². The van der Waals surface area contributed by atoms with Crippen molar-refractivity contribution in [1.29, 1.82) is 0 Å². The fourth-order valence-electron chi connectivity index (χ4n) is 3.06. The van der Waals surface area contributed by atoms with Gasteiger partial charge in [-0.25, -0.2) is 4.68 Å². The number of anilines is 1. The number of halogens is 4. The van der Waals surface area contributed by atoms with Crippen LogP contribution in [0.4, 0.5) is 19.1 Å². The van der Waals surface area contributed by atoms with Crippen LogP contribution in [0.5, 0.6) is 0 Å². The number of hydrogen-bond donors (Lipinski definition) is 2. The minimum atomic E-state index is -4.79. The number of benzene rings is 1. The predicted molar refractivity (Wildman–Crippen MR) is 89.0 cm³/mol. The number of hydrogen-bond acceptors (Lipinski definition) is 6. The van der Waals surface area contributed by atoms with Gasteiger partial charge < -0.3 is 15.2 Å². The predicted octanol–water partition coefficient (Wildman–Crippen LogP) is 2.85. The molecule has 11 heteroatoms. The Morgan fingerprint density at radius 2 is 2.04 bits per heavy atom. The van der Waals surface area contributed by atoms with Gasteiger partial charge in [-0.3, -0.25) is 4.79 Å². The third kappa shape index (κ3) is 3.59. The largest absolute Gasteiger partial charge is 0.466 e. The molecule has 3 rings (SSSR count). The number of esters is 1. The second-order valence-electron chi connectivity index (χ2n) is 6.20. The third-order valence-electron chi connectivity index (χ3n) is 4.19. The maximum atomic E-state index is 13.1. The van der Waals surface area contributed by atoms with Crippen LogP contribution in [0.3, 0.4) is 0 Å². The summed E-state index contributed by atoms with van der Waals surface area (Å²) in [7, 11) is 0. The minimum Gasteiger partial charge on any atom is -0.466 e. The monoisotopic (exact) mass is 404 g/mol. The van der Waals surface area contributed by atoms with Crippen LogP contribution in [0.1, 0.15) is 31.3 Å². The average molecular weight is 405 g/mol. The zero-order valence-electron chi connectivity index (χ0n) is 14.3. The van der Waals surface area contributed by atoms with E-state index in [-0.39, 0.29) is 12.6 Å². The van der Waals surface area contributed by atoms with Gasteiger partial charge in [0.1, 0.15) is 5.92 Å². The molecule has 2 aromatic rings. The molecule has 7 nitrogen and oxygen atoms in total. The Morgan fingerprint density at radius 3 is 2.59 bits per heavy atom. The normalized spacial score (nSPS) is 24.9. The van der Waals surface area contributed by atoms with Gasteiger partial charge in [-0.15, -0.1) is 5.10 Å². The van der Waals surface area contributed by atoms with Crippen molar-refractivity contribution in [2.24, 2.45) is 5.92 Å². The van der Waals surface area contributed by atoms with Crippen molar-refractivity contribution in [2.45, 2.75) is 31.8 Å². The summed E-state index contributed by atoms with van der Waals surface area (Å²) >= 11 is 5.88. The van der Waals surface area contributed by atoms with Gasteiger partial charge >= 0.3 is 12.1 Å². The number of nitrogens with one attached hydrogen (secondary N) is 1. The summed E-state index contributed by atoms with van der Waals surface area (Å²) in [6.07, 6.45) is -4.79. The summed E-state index contributed by atoms with van der Waals surface area (Å²) < 4.78 is 45.2. The summed E-state index contributed by atoms with van der Waals surface area (Å²) in [5.74, 6) is -3.77. The van der Waals surface area contributed by atoms with Gasteiger partial charge in [0.25, 0.3) is 5.82 Å². The molecule has 1 aromatic carbocycles. The van der Waals surface area contributed by atoms with Crippen LogP contribution in [0.15, 0.2) is 24.3 Å². The van der Waals surface area contributed by atoms with Gasteiger partial charge in [0.15, 0.2) is 5.72 Å². The molecule has 0 radical (unpaired) electrons. The molecule has 1 aliphatic rings. The number of aliphatic hydroxyl groups is 1. The lowest BCUT2D eigenvalue weighted by Gasteiger charge is -2.41. The number of nitrogens with zero attached hydrogens (tertiary/aromatic N) is 3. The van der Waals surface area contributed by atoms with Crippen LogP contribution < -0.4 is 5.32 Å². The van der Waals surface area contributed by atoms with E-state index in [0.717, 1.165) is 4.68 Å². The Labute approximate surface area is 157 Å². The van der Waals surface area contributed by atoms with Crippen molar-refractivity contribution >= 4 is 23.5 Å². The molecule has 146 valence electrons. The number of carbonyl (C=O) groups excluding carboxylic acids is 1. The number of ether oxygens (including phenoxy) is 1. The van der Waals surface area contributed by atoms with Gasteiger partial charge in [-0.2, -0.15) is 18.2 Å². The van der Waals surface area contributed by atoms with Crippen LogP contribution in [0.25, 0.3) is 0 Å². The first-order valence-electron chi connectivity index (χ1n) is 8.01. The van der Waals surface area contributed by atoms with E-state index in [4.69, 9.17) is 16.3 Å². The number of carbonyl (C=O) groups is 1. The molecule has 0 fully saturated rings. The second-order valence-corrected chi connectivity index (χ2v) is 6.64. The average Bonchev–Trinajstić information content (AvgIpc) is 2.97. The molecule has 0 bridgehead atoms. The fourth-order valence-corrected chi connectivity index (χ4v) is 3.19. The van der Waals surface area contributed by atoms with E-state index in [1.165, 1.54) is 19.1 Å². The van der Waals surface area contributed by atoms with Gasteiger partial charge in [0.2, 0.25) is 5.95 Å². The van der Waals surface area contributed by atoms with E-state index >= 15 is 0 Å². The standard InChI is InChI=1S/C16H16ClF3N4O3/c1-3-27-12(25)10-11(8-4-6-9(17)7-5-8)24-14(22-15(10,2)26)21-13(23-24)16(18,19)20/h4-7,10-11,26H,3H2,1-2H3,(H,21,22,23)/t10-,11-,15+/m1/s1. The number of fused-ring (bicyclic) bond motifs is 1. The number of alkyl halides is 3. The minimum absolute atomic E-state index is 0.0385. The number of aromatic nitrogens is 3. The quantitative estimate of drug-likeness (QED) is 0.765. The number of rotatable bonds is 3. The van der Waals surface area contributed by atoms with E-state index in [2.05, 4.69) is 15.4 Å². The zero-order valence-corrected chi connectivity index (χ0v) is 15.0. The lowest BCUT2D eigenvalue weighted by atomic mass is 9.83. The molecule has 2 heterocycles. The Balaban J connectivity index is 2.20. The van der Waals surface area contributed by atoms with Crippen LogP contribution >= 0.6 is 11.6 Å². The Hall–Kier alpha value is -2.33. The molecule has 0 amide bonds. The van der Waals surface area contributed by atoms with Crippen molar-refractivity contribution in [1.82, 2.24) is 14.8 Å². The first-order chi connectivity index (χ1) is 12.5. The summed E-state index contributed by atoms with van der Waals surface area (Å²) in [4.78, 5) is 16.0. The van der Waals surface area contributed by atoms with E-state index in [1.807, 2.05) is 0 Å². The molecule has 1 aromatic heterocycles. The second kappa shape index (κ2) is 6.68. The van der Waals surface area contributed by atoms with Crippen molar-refractivity contribution in [3.05, 3.63) is 40.7 Å². The highest BCUT2D eigenvalue weighted by molar-refractivity contribution is 6.30. The van der Waals surface area contributed by atoms with Gasteiger partial charge in [-0.1, -0.05) is 23.7 Å². The molecular formula is C16H16ClF3N4O3. The molecule has 0 saturated heterocycles. The van der Waals surface area contributed by atoms with E-state index in [9.17, 15) is 23.1 Å². The maximum Gasteiger partial charge on any atom is 0.453 e. The summed E-state index contributed by atoms with van der Waals surface area (Å²) in [6, 6.07) is 5.05. The first kappa shape index (κ1) is 19.4. The summed E-state index contributed by atoms with van der Waals surface area (Å²) in [6.45, 7) is 2.89. The Bertz CT molecular complexity index is 852. The van der Waals surface area contributed by atoms with Gasteiger partial charge in [0, 0.05) is 5.02 Å². The molecule has 27 heavy (non-hydrogen) atoms. The lowest BCUT2D eigenvalue weighted by molar-refractivity contribution is -0.159. The molecular weight excluding hydrogens is 389 g/mol. The molecule has 0 aliphatic carbocycles. The fraction of sp³-hybridized carbons (Fsp3) is 0.438. The third-order valence-corrected chi connectivity index (χ3v) is 4.44. The summed E-state index contributed by atoms with van der Waals surface area (Å²) in [5.41, 5.74) is -1.51. The van der Waals surface area contributed by atoms with Crippen LogP contribution in [0.2, 0.25) is 5.02 Å². The van der Waals surface area contributed by atoms with Gasteiger partial charge in [0.05, 0.1) is 12.6 Å². The van der Waals surface area contributed by atoms with Crippen molar-refractivity contribution < 1.29 is 27.8 Å². The van der Waals surface area contributed by atoms with Crippen molar-refractivity contribution in [3.63, 3.8) is 0 Å². The summed E-state index contributed by atoms with van der Waals surface area (Å²) in [5, 5.41) is 17.2. The molecule has 3 atom stereocenters. The molecule has 0 saturated carbocycles. The highest BCUT2D eigenvalue weighted by Crippen LogP contribution is 2.42. The van der Waals surface area contributed by atoms with Crippen LogP contribution in [-0.2, 0) is 15.7 Å². The van der Waals surface area contributed by atoms with Crippen molar-refractivity contribution in [3.8, 4) is 0 Å². The molecule has 2 N–H and O–H groups in total. The maximum absolute atomic E-state index is 13.1. The molecule has 0 spiro atoms. The Kier molecular flexibility index (Phi) is 4.81. The highest BCUT2D eigenvalue weighted by atomic mass is 35.5. The molecule has 1 aliphatic heterocycles. The SMILES string of the molecule is CCOC(=O)[C@H]1[C@@H](c2ccc(Cl)cc2)n2nc(C(F)(F)F)nc2N[C@@]1(C)O. The highest BCUT2D eigenvalue weighted by Gasteiger charge is 2.52. The van der Waals surface area contributed by atoms with E-state index < -0.39 is 35.7 Å². The van der Waals surface area contributed by atoms with E-state index in [0.29, 0.717) is 10.6 Å². The molecule has 0 unspecified atom stereocenters.